The van der Waals surface area contributed by atoms with Gasteiger partial charge < -0.3 is 15.4 Å². The molecule has 0 bridgehead atoms. The first-order chi connectivity index (χ1) is 10.0. The second kappa shape index (κ2) is 6.47. The minimum Gasteiger partial charge on any atom is -0.465 e. The maximum atomic E-state index is 12.1. The van der Waals surface area contributed by atoms with Gasteiger partial charge in [-0.1, -0.05) is 20.3 Å². The molecule has 1 aromatic heterocycles. The first-order valence-electron chi connectivity index (χ1n) is 7.32. The predicted molar refractivity (Wildman–Crippen MR) is 85.3 cm³/mol. The van der Waals surface area contributed by atoms with Gasteiger partial charge in [0.2, 0.25) is 0 Å². The summed E-state index contributed by atoms with van der Waals surface area (Å²) in [6.07, 6.45) is 2.60. The number of Topliss-reactive ketones (excluding diaryl/α,β-unsaturated/α-hetero) is 1. The maximum absolute atomic E-state index is 12.1. The number of thiophene rings is 1. The van der Waals surface area contributed by atoms with Gasteiger partial charge >= 0.3 is 5.97 Å². The van der Waals surface area contributed by atoms with E-state index in [2.05, 4.69) is 11.8 Å². The summed E-state index contributed by atoms with van der Waals surface area (Å²) in [7, 11) is 1.34. The van der Waals surface area contributed by atoms with Crippen molar-refractivity contribution in [3.8, 4) is 0 Å². The third kappa shape index (κ3) is 2.90. The second-order valence-corrected chi connectivity index (χ2v) is 6.30. The van der Waals surface area contributed by atoms with Gasteiger partial charge in [-0.25, -0.2) is 4.79 Å². The Balaban J connectivity index is 2.44. The summed E-state index contributed by atoms with van der Waals surface area (Å²) >= 11 is 1.32. The number of rotatable bonds is 5. The molecule has 0 saturated carbocycles. The number of nitrogens with zero attached hydrogens (tertiary/aromatic N) is 1. The lowest BCUT2D eigenvalue weighted by Crippen LogP contribution is -2.21. The molecule has 1 unspecified atom stereocenters. The van der Waals surface area contributed by atoms with Crippen LogP contribution in [0.2, 0.25) is 0 Å². The van der Waals surface area contributed by atoms with Crippen molar-refractivity contribution in [1.29, 1.82) is 0 Å². The van der Waals surface area contributed by atoms with E-state index in [4.69, 9.17) is 10.5 Å². The van der Waals surface area contributed by atoms with Crippen LogP contribution in [0.5, 0.6) is 0 Å². The molecule has 1 saturated heterocycles. The number of hydrogen-bond donors (Lipinski definition) is 1. The third-order valence-corrected chi connectivity index (χ3v) is 5.35. The van der Waals surface area contributed by atoms with Crippen LogP contribution in [0.4, 0.5) is 10.7 Å². The van der Waals surface area contributed by atoms with Gasteiger partial charge in [0.1, 0.15) is 10.6 Å². The Hall–Kier alpha value is -1.56. The van der Waals surface area contributed by atoms with Gasteiger partial charge in [0.25, 0.3) is 0 Å². The molecule has 2 rings (SSSR count). The summed E-state index contributed by atoms with van der Waals surface area (Å²) < 4.78 is 4.85. The minimum absolute atomic E-state index is 0.0276. The SMILES string of the molecule is CCC(=O)c1sc(N2CCC(CC)C2)c(C(=O)OC)c1N. The predicted octanol–water partition coefficient (Wildman–Crippen LogP) is 2.95. The Kier molecular flexibility index (Phi) is 4.88. The fourth-order valence-electron chi connectivity index (χ4n) is 2.67. The van der Waals surface area contributed by atoms with Crippen molar-refractivity contribution in [3.63, 3.8) is 0 Å². The molecule has 116 valence electrons. The number of esters is 1. The molecule has 2 heterocycles. The number of carbonyl (C=O) groups excluding carboxylic acids is 2. The fraction of sp³-hybridized carbons (Fsp3) is 0.600. The van der Waals surface area contributed by atoms with E-state index in [-0.39, 0.29) is 11.5 Å². The van der Waals surface area contributed by atoms with Crippen LogP contribution in [0.3, 0.4) is 0 Å². The van der Waals surface area contributed by atoms with Crippen molar-refractivity contribution in [2.45, 2.75) is 33.1 Å². The molecule has 0 aromatic carbocycles. The highest BCUT2D eigenvalue weighted by atomic mass is 32.1. The summed E-state index contributed by atoms with van der Waals surface area (Å²) in [6.45, 7) is 5.76. The summed E-state index contributed by atoms with van der Waals surface area (Å²) in [5, 5.41) is 0.784. The summed E-state index contributed by atoms with van der Waals surface area (Å²) in [5.41, 5.74) is 6.68. The van der Waals surface area contributed by atoms with Gasteiger partial charge in [-0.05, 0) is 12.3 Å². The molecule has 1 aromatic rings. The molecule has 0 aliphatic carbocycles. The van der Waals surface area contributed by atoms with Crippen LogP contribution < -0.4 is 10.6 Å². The van der Waals surface area contributed by atoms with Crippen molar-refractivity contribution >= 4 is 33.8 Å². The van der Waals surface area contributed by atoms with Gasteiger partial charge in [0.05, 0.1) is 17.7 Å². The molecule has 1 atom stereocenters. The van der Waals surface area contributed by atoms with E-state index >= 15 is 0 Å². The average molecular weight is 310 g/mol. The summed E-state index contributed by atoms with van der Waals surface area (Å²) in [4.78, 5) is 26.7. The zero-order valence-corrected chi connectivity index (χ0v) is 13.6. The van der Waals surface area contributed by atoms with Crippen LogP contribution in [0.1, 0.15) is 53.1 Å². The summed E-state index contributed by atoms with van der Waals surface area (Å²) in [6, 6.07) is 0. The molecule has 0 amide bonds. The van der Waals surface area contributed by atoms with Crippen LogP contribution in [0.15, 0.2) is 0 Å². The monoisotopic (exact) mass is 310 g/mol. The van der Waals surface area contributed by atoms with E-state index < -0.39 is 5.97 Å². The fourth-order valence-corrected chi connectivity index (χ4v) is 3.93. The Morgan fingerprint density at radius 1 is 1.43 bits per heavy atom. The van der Waals surface area contributed by atoms with E-state index in [1.54, 1.807) is 6.92 Å². The van der Waals surface area contributed by atoms with E-state index in [0.717, 1.165) is 30.9 Å². The van der Waals surface area contributed by atoms with Gasteiger partial charge in [-0.2, -0.15) is 0 Å². The number of ether oxygens (including phenoxy) is 1. The molecule has 6 heteroatoms. The van der Waals surface area contributed by atoms with Crippen LogP contribution in [0.25, 0.3) is 0 Å². The van der Waals surface area contributed by atoms with Crippen molar-refractivity contribution in [2.75, 3.05) is 30.8 Å². The zero-order chi connectivity index (χ0) is 15.6. The molecule has 1 aliphatic heterocycles. The van der Waals surface area contributed by atoms with Crippen molar-refractivity contribution in [3.05, 3.63) is 10.4 Å². The number of hydrogen-bond acceptors (Lipinski definition) is 6. The van der Waals surface area contributed by atoms with Crippen LogP contribution in [-0.4, -0.2) is 32.0 Å². The second-order valence-electron chi connectivity index (χ2n) is 5.30. The number of ketones is 1. The smallest absolute Gasteiger partial charge is 0.343 e. The number of nitrogens with two attached hydrogens (primary N) is 1. The lowest BCUT2D eigenvalue weighted by atomic mass is 10.1. The molecule has 5 nitrogen and oxygen atoms in total. The molecule has 0 radical (unpaired) electrons. The Labute approximate surface area is 129 Å². The van der Waals surface area contributed by atoms with Crippen molar-refractivity contribution in [1.82, 2.24) is 0 Å². The standard InChI is InChI=1S/C15H22N2O3S/c1-4-9-6-7-17(8-9)14-11(15(19)20-3)12(16)13(21-14)10(18)5-2/h9H,4-8,16H2,1-3H3. The minimum atomic E-state index is -0.464. The molecule has 2 N–H and O–H groups in total. The van der Waals surface area contributed by atoms with Crippen molar-refractivity contribution < 1.29 is 14.3 Å². The van der Waals surface area contributed by atoms with E-state index in [0.29, 0.717) is 22.8 Å². The van der Waals surface area contributed by atoms with Crippen molar-refractivity contribution in [2.24, 2.45) is 5.92 Å². The molecule has 1 fully saturated rings. The number of carbonyl (C=O) groups is 2. The number of anilines is 2. The largest absolute Gasteiger partial charge is 0.465 e. The third-order valence-electron chi connectivity index (χ3n) is 4.04. The van der Waals surface area contributed by atoms with E-state index in [1.807, 2.05) is 0 Å². The first-order valence-corrected chi connectivity index (χ1v) is 8.13. The number of methoxy groups -OCH3 is 1. The van der Waals surface area contributed by atoms with Gasteiger partial charge in [0, 0.05) is 19.5 Å². The first kappa shape index (κ1) is 15.8. The quantitative estimate of drug-likeness (QED) is 0.668. The van der Waals surface area contributed by atoms with Crippen LogP contribution in [-0.2, 0) is 4.74 Å². The average Bonchev–Trinajstić information content (AvgIpc) is 3.09. The number of nitrogen functional groups attached to an aromatic ring is 1. The Bertz CT molecular complexity index is 553. The maximum Gasteiger partial charge on any atom is 0.343 e. The Morgan fingerprint density at radius 3 is 2.67 bits per heavy atom. The lowest BCUT2D eigenvalue weighted by Gasteiger charge is -2.17. The lowest BCUT2D eigenvalue weighted by molar-refractivity contribution is 0.0603. The summed E-state index contributed by atoms with van der Waals surface area (Å²) in [5.74, 6) is 0.137. The van der Waals surface area contributed by atoms with Gasteiger partial charge in [0.15, 0.2) is 5.78 Å². The van der Waals surface area contributed by atoms with Crippen LogP contribution >= 0.6 is 11.3 Å². The Morgan fingerprint density at radius 2 is 2.14 bits per heavy atom. The molecular weight excluding hydrogens is 288 g/mol. The zero-order valence-electron chi connectivity index (χ0n) is 12.8. The van der Waals surface area contributed by atoms with E-state index in [9.17, 15) is 9.59 Å². The highest BCUT2D eigenvalue weighted by Crippen LogP contribution is 2.41. The van der Waals surface area contributed by atoms with Gasteiger partial charge in [-0.3, -0.25) is 4.79 Å². The van der Waals surface area contributed by atoms with Gasteiger partial charge in [-0.15, -0.1) is 11.3 Å². The highest BCUT2D eigenvalue weighted by Gasteiger charge is 2.31. The normalized spacial score (nSPS) is 18.0. The van der Waals surface area contributed by atoms with E-state index in [1.165, 1.54) is 18.4 Å². The topological polar surface area (TPSA) is 72.6 Å². The molecule has 21 heavy (non-hydrogen) atoms. The molecular formula is C15H22N2O3S. The molecule has 1 aliphatic rings. The molecule has 0 spiro atoms. The highest BCUT2D eigenvalue weighted by molar-refractivity contribution is 7.19. The van der Waals surface area contributed by atoms with Crippen LogP contribution in [0, 0.1) is 5.92 Å².